The molecule has 0 radical (unpaired) electrons. The third-order valence-electron chi connectivity index (χ3n) is 3.48. The van der Waals surface area contributed by atoms with Crippen molar-refractivity contribution < 1.29 is 9.47 Å². The standard InChI is InChI=1S/C14H24N4O2/c1-4-6-19-14-12(15)13(16-9-17-14)18-7-10(3)20-8-11(18)5-2/h9-11H,4-8,15H2,1-3H3. The van der Waals surface area contributed by atoms with E-state index in [0.29, 0.717) is 30.8 Å². The van der Waals surface area contributed by atoms with E-state index in [1.165, 1.54) is 6.33 Å². The molecule has 2 N–H and O–H groups in total. The molecule has 1 aliphatic rings. The Balaban J connectivity index is 2.25. The Hall–Kier alpha value is -1.56. The van der Waals surface area contributed by atoms with Gasteiger partial charge in [0.15, 0.2) is 5.82 Å². The zero-order valence-electron chi connectivity index (χ0n) is 12.5. The molecule has 2 unspecified atom stereocenters. The molecule has 6 heteroatoms. The molecule has 0 aromatic carbocycles. The van der Waals surface area contributed by atoms with Gasteiger partial charge in [-0.1, -0.05) is 13.8 Å². The minimum atomic E-state index is 0.173. The predicted molar refractivity (Wildman–Crippen MR) is 79.1 cm³/mol. The number of ether oxygens (including phenoxy) is 2. The van der Waals surface area contributed by atoms with Crippen molar-refractivity contribution in [1.82, 2.24) is 9.97 Å². The van der Waals surface area contributed by atoms with Crippen LogP contribution in [0.4, 0.5) is 11.5 Å². The molecule has 0 amide bonds. The summed E-state index contributed by atoms with van der Waals surface area (Å²) in [5.41, 5.74) is 6.71. The van der Waals surface area contributed by atoms with Crippen LogP contribution in [0, 0.1) is 0 Å². The zero-order valence-corrected chi connectivity index (χ0v) is 12.5. The van der Waals surface area contributed by atoms with Gasteiger partial charge in [-0.15, -0.1) is 0 Å². The Morgan fingerprint density at radius 2 is 2.25 bits per heavy atom. The average Bonchev–Trinajstić information content (AvgIpc) is 2.46. The van der Waals surface area contributed by atoms with Gasteiger partial charge in [-0.25, -0.2) is 4.98 Å². The second-order valence-electron chi connectivity index (χ2n) is 5.12. The van der Waals surface area contributed by atoms with E-state index in [9.17, 15) is 0 Å². The monoisotopic (exact) mass is 280 g/mol. The third-order valence-corrected chi connectivity index (χ3v) is 3.48. The minimum Gasteiger partial charge on any atom is -0.476 e. The van der Waals surface area contributed by atoms with Crippen LogP contribution in [-0.4, -0.2) is 41.9 Å². The number of rotatable bonds is 5. The molecule has 112 valence electrons. The van der Waals surface area contributed by atoms with Gasteiger partial charge in [0.25, 0.3) is 0 Å². The third kappa shape index (κ3) is 3.12. The molecule has 1 aromatic rings. The van der Waals surface area contributed by atoms with Gasteiger partial charge in [0.05, 0.1) is 25.4 Å². The Morgan fingerprint density at radius 3 is 2.95 bits per heavy atom. The highest BCUT2D eigenvalue weighted by Gasteiger charge is 2.29. The largest absolute Gasteiger partial charge is 0.476 e. The van der Waals surface area contributed by atoms with Crippen LogP contribution < -0.4 is 15.4 Å². The number of morpholine rings is 1. The molecule has 1 aromatic heterocycles. The van der Waals surface area contributed by atoms with E-state index in [2.05, 4.69) is 35.6 Å². The normalized spacial score (nSPS) is 22.9. The van der Waals surface area contributed by atoms with Crippen LogP contribution in [-0.2, 0) is 4.74 Å². The Morgan fingerprint density at radius 1 is 1.45 bits per heavy atom. The maximum atomic E-state index is 6.18. The van der Waals surface area contributed by atoms with Crippen LogP contribution in [0.15, 0.2) is 6.33 Å². The van der Waals surface area contributed by atoms with E-state index < -0.39 is 0 Å². The molecule has 6 nitrogen and oxygen atoms in total. The van der Waals surface area contributed by atoms with Crippen LogP contribution in [0.2, 0.25) is 0 Å². The van der Waals surface area contributed by atoms with Crippen molar-refractivity contribution in [1.29, 1.82) is 0 Å². The van der Waals surface area contributed by atoms with Gasteiger partial charge in [-0.2, -0.15) is 4.98 Å². The number of aromatic nitrogens is 2. The summed E-state index contributed by atoms with van der Waals surface area (Å²) in [6.07, 6.45) is 3.60. The lowest BCUT2D eigenvalue weighted by Gasteiger charge is -2.39. The highest BCUT2D eigenvalue weighted by atomic mass is 16.5. The molecule has 1 aliphatic heterocycles. The Bertz CT molecular complexity index is 441. The minimum absolute atomic E-state index is 0.173. The maximum absolute atomic E-state index is 6.18. The number of nitrogens with zero attached hydrogens (tertiary/aromatic N) is 3. The summed E-state index contributed by atoms with van der Waals surface area (Å²) >= 11 is 0. The van der Waals surface area contributed by atoms with Crippen molar-refractivity contribution in [3.63, 3.8) is 0 Å². The smallest absolute Gasteiger partial charge is 0.242 e. The summed E-state index contributed by atoms with van der Waals surface area (Å²) in [5, 5.41) is 0. The molecule has 0 aliphatic carbocycles. The zero-order chi connectivity index (χ0) is 14.5. The molecule has 0 spiro atoms. The Kier molecular flexibility index (Phi) is 5.00. The van der Waals surface area contributed by atoms with Crippen molar-refractivity contribution in [3.8, 4) is 5.88 Å². The summed E-state index contributed by atoms with van der Waals surface area (Å²) in [5.74, 6) is 1.24. The number of nitrogen functional groups attached to an aromatic ring is 1. The fourth-order valence-electron chi connectivity index (χ4n) is 2.36. The van der Waals surface area contributed by atoms with Crippen molar-refractivity contribution in [2.75, 3.05) is 30.4 Å². The molecule has 20 heavy (non-hydrogen) atoms. The maximum Gasteiger partial charge on any atom is 0.242 e. The van der Waals surface area contributed by atoms with Gasteiger partial charge in [-0.05, 0) is 19.8 Å². The summed E-state index contributed by atoms with van der Waals surface area (Å²) < 4.78 is 11.3. The molecule has 1 fully saturated rings. The second kappa shape index (κ2) is 6.74. The lowest BCUT2D eigenvalue weighted by molar-refractivity contribution is 0.0296. The van der Waals surface area contributed by atoms with Crippen LogP contribution in [0.3, 0.4) is 0 Å². The summed E-state index contributed by atoms with van der Waals surface area (Å²) in [7, 11) is 0. The van der Waals surface area contributed by atoms with Gasteiger partial charge in [0.1, 0.15) is 12.0 Å². The van der Waals surface area contributed by atoms with Gasteiger partial charge in [0, 0.05) is 6.54 Å². The van der Waals surface area contributed by atoms with E-state index in [0.717, 1.165) is 25.2 Å². The molecule has 2 rings (SSSR count). The summed E-state index contributed by atoms with van der Waals surface area (Å²) in [6.45, 7) is 8.35. The van der Waals surface area contributed by atoms with E-state index in [4.69, 9.17) is 15.2 Å². The first-order valence-corrected chi connectivity index (χ1v) is 7.28. The summed E-state index contributed by atoms with van der Waals surface area (Å²) in [4.78, 5) is 10.7. The van der Waals surface area contributed by atoms with Gasteiger partial charge in [0.2, 0.25) is 5.88 Å². The van der Waals surface area contributed by atoms with Crippen LogP contribution in [0.1, 0.15) is 33.6 Å². The lowest BCUT2D eigenvalue weighted by Crippen LogP contribution is -2.49. The Labute approximate surface area is 120 Å². The highest BCUT2D eigenvalue weighted by Crippen LogP contribution is 2.31. The quantitative estimate of drug-likeness (QED) is 0.887. The van der Waals surface area contributed by atoms with Gasteiger partial charge in [-0.3, -0.25) is 0 Å². The number of anilines is 2. The van der Waals surface area contributed by atoms with E-state index in [1.807, 2.05) is 0 Å². The fraction of sp³-hybridized carbons (Fsp3) is 0.714. The van der Waals surface area contributed by atoms with E-state index in [-0.39, 0.29) is 6.10 Å². The van der Waals surface area contributed by atoms with Crippen molar-refractivity contribution in [2.45, 2.75) is 45.8 Å². The molecular weight excluding hydrogens is 256 g/mol. The molecule has 2 atom stereocenters. The van der Waals surface area contributed by atoms with E-state index >= 15 is 0 Å². The highest BCUT2D eigenvalue weighted by molar-refractivity contribution is 5.68. The number of nitrogens with two attached hydrogens (primary N) is 1. The topological polar surface area (TPSA) is 73.5 Å². The van der Waals surface area contributed by atoms with Crippen molar-refractivity contribution in [3.05, 3.63) is 6.33 Å². The van der Waals surface area contributed by atoms with Crippen LogP contribution in [0.5, 0.6) is 5.88 Å². The predicted octanol–water partition coefficient (Wildman–Crippen LogP) is 1.85. The molecular formula is C14H24N4O2. The average molecular weight is 280 g/mol. The lowest BCUT2D eigenvalue weighted by atomic mass is 10.1. The number of hydrogen-bond acceptors (Lipinski definition) is 6. The van der Waals surface area contributed by atoms with Gasteiger partial charge >= 0.3 is 0 Å². The SMILES string of the molecule is CCCOc1ncnc(N2CC(C)OCC2CC)c1N. The van der Waals surface area contributed by atoms with Crippen molar-refractivity contribution >= 4 is 11.5 Å². The molecule has 2 heterocycles. The number of hydrogen-bond donors (Lipinski definition) is 1. The van der Waals surface area contributed by atoms with Gasteiger partial charge < -0.3 is 20.1 Å². The first-order valence-electron chi connectivity index (χ1n) is 7.28. The van der Waals surface area contributed by atoms with E-state index in [1.54, 1.807) is 0 Å². The second-order valence-corrected chi connectivity index (χ2v) is 5.12. The van der Waals surface area contributed by atoms with Crippen molar-refractivity contribution in [2.24, 2.45) is 0 Å². The molecule has 0 saturated carbocycles. The molecule has 0 bridgehead atoms. The van der Waals surface area contributed by atoms with Crippen LogP contribution >= 0.6 is 0 Å². The first kappa shape index (κ1) is 14.8. The van der Waals surface area contributed by atoms with Crippen LogP contribution in [0.25, 0.3) is 0 Å². The molecule has 1 saturated heterocycles. The fourth-order valence-corrected chi connectivity index (χ4v) is 2.36. The summed E-state index contributed by atoms with van der Waals surface area (Å²) in [6, 6.07) is 0.294. The first-order chi connectivity index (χ1) is 9.67.